The minimum Gasteiger partial charge on any atom is -0.566 e. The second kappa shape index (κ2) is 16.5. The second-order valence-electron chi connectivity index (χ2n) is 22.1. The quantitative estimate of drug-likeness (QED) is 0.178. The second-order valence-corrected chi connectivity index (χ2v) is 27.8. The van der Waals surface area contributed by atoms with Crippen LogP contribution in [0, 0.1) is 34.5 Å². The van der Waals surface area contributed by atoms with Gasteiger partial charge in [0, 0.05) is 23.4 Å². The standard InChI is InChI=1S/C20H23O8P.C20H24O6.C5H11N.CH4.Cl3P.Na.H2/c1-8(2)18-13(26-18)14-20(27-14)17(3)5-4-9-10(7-24-15(9)21)11(17)6-12-19(20,25-12)16(18)28-29(22)23;1-8(2)18-13(25-18)14-20(26-14)17(3)5-4-9-10(7-23-15(9)21)11(17)6-12-19(20,24-12)16(18)22;1-2-4-6-5-3-1;;1-4(2)3;;/h8,11-14,16H,4-7H2,1-3H3;8,11-14,16,22H,4-7H2,1-3H3;6H,1-5H2;1H4;;;1H/q;;;;;+1;/t2*11-,12-,13-,14?,16+,17-,18-,19+,20+;;;;;/m00...../s1/i;;;;;;1+2. The van der Waals surface area contributed by atoms with Gasteiger partial charge in [0.2, 0.25) is 0 Å². The summed E-state index contributed by atoms with van der Waals surface area (Å²) in [5.74, 6) is -0.911. The third-order valence-electron chi connectivity index (χ3n) is 19.6. The normalized spacial score (nSPS) is 52.4. The molecule has 0 bridgehead atoms. The van der Waals surface area contributed by atoms with Crippen LogP contribution < -0.4 is 39.8 Å². The molecule has 15 aliphatic rings. The molecule has 368 valence electrons. The number of piperidine rings is 1. The van der Waals surface area contributed by atoms with Crippen LogP contribution in [0.3, 0.4) is 0 Å². The van der Waals surface area contributed by atoms with E-state index in [1.807, 2.05) is 13.8 Å². The van der Waals surface area contributed by atoms with E-state index in [-0.39, 0.29) is 121 Å². The van der Waals surface area contributed by atoms with Gasteiger partial charge in [0.25, 0.3) is 0 Å². The van der Waals surface area contributed by atoms with Crippen molar-refractivity contribution in [2.24, 2.45) is 34.5 Å². The summed E-state index contributed by atoms with van der Waals surface area (Å²) < 4.78 is 66.1. The summed E-state index contributed by atoms with van der Waals surface area (Å²) in [4.78, 5) is 35.9. The Balaban J connectivity index is 0.000000137. The summed E-state index contributed by atoms with van der Waals surface area (Å²) in [5.41, 5.74) is -0.300. The number of fused-ring (bicyclic) bond motifs is 8. The zero-order valence-electron chi connectivity index (χ0n) is 38.4. The van der Waals surface area contributed by atoms with E-state index in [2.05, 4.69) is 33.0 Å². The van der Waals surface area contributed by atoms with E-state index >= 15 is 0 Å². The molecule has 0 amide bonds. The van der Waals surface area contributed by atoms with Crippen molar-refractivity contribution in [3.05, 3.63) is 22.3 Å². The average Bonchev–Trinajstić information content (AvgIpc) is 4.02. The maximum atomic E-state index is 12.2. The number of ether oxygens (including phenoxy) is 8. The van der Waals surface area contributed by atoms with Crippen molar-refractivity contribution in [3.8, 4) is 0 Å². The molecule has 21 heteroatoms. The van der Waals surface area contributed by atoms with E-state index in [4.69, 9.17) is 76.1 Å². The molecule has 3 unspecified atom stereocenters. The molecule has 11 fully saturated rings. The molecule has 0 radical (unpaired) electrons. The monoisotopic (exact) mass is 1050 g/mol. The molecule has 19 atom stereocenters. The molecule has 0 aromatic heterocycles. The molecule has 9 aliphatic heterocycles. The Morgan fingerprint density at radius 2 is 1.19 bits per heavy atom. The molecule has 9 heterocycles. The van der Waals surface area contributed by atoms with Gasteiger partial charge in [-0.1, -0.05) is 89.1 Å². The van der Waals surface area contributed by atoms with Crippen molar-refractivity contribution in [3.63, 3.8) is 0 Å². The number of halogens is 3. The van der Waals surface area contributed by atoms with Gasteiger partial charge < -0.3 is 53.2 Å². The minimum atomic E-state index is -3.06. The summed E-state index contributed by atoms with van der Waals surface area (Å²) in [7, 11) is -3.06. The van der Waals surface area contributed by atoms with Crippen LogP contribution >= 0.6 is 48.0 Å². The molecular weight excluding hydrogens is 982 g/mol. The molecule has 4 spiro atoms. The molecule has 67 heavy (non-hydrogen) atoms. The van der Waals surface area contributed by atoms with Gasteiger partial charge in [-0.2, -0.15) is 0 Å². The number of epoxide rings is 6. The van der Waals surface area contributed by atoms with Gasteiger partial charge in [-0.25, -0.2) is 9.59 Å². The summed E-state index contributed by atoms with van der Waals surface area (Å²) in [6, 6.07) is 0. The van der Waals surface area contributed by atoms with Crippen LogP contribution in [-0.4, -0.2) is 126 Å². The van der Waals surface area contributed by atoms with E-state index in [1.54, 1.807) is 0 Å². The van der Waals surface area contributed by atoms with Gasteiger partial charge in [0.15, 0.2) is 23.3 Å². The fourth-order valence-electron chi connectivity index (χ4n) is 16.4. The van der Waals surface area contributed by atoms with Crippen molar-refractivity contribution in [1.82, 2.24) is 5.32 Å². The van der Waals surface area contributed by atoms with Gasteiger partial charge in [-0.15, -0.1) is 4.52 Å². The summed E-state index contributed by atoms with van der Waals surface area (Å²) in [5, 5.41) is 14.7. The van der Waals surface area contributed by atoms with Crippen molar-refractivity contribution >= 4 is 59.9 Å². The first kappa shape index (κ1) is 50.9. The molecule has 7 saturated heterocycles. The number of hydrogen-bond donors (Lipinski definition) is 2. The number of aliphatic hydroxyl groups excluding tert-OH is 1. The topological polar surface area (TPSA) is 209 Å². The Bertz CT molecular complexity index is 2220. The maximum absolute atomic E-state index is 12.2. The van der Waals surface area contributed by atoms with Crippen LogP contribution in [0.25, 0.3) is 0 Å². The molecular formula is C46H64Cl3NNaO14P2+. The zero-order valence-corrected chi connectivity index (χ0v) is 44.5. The molecule has 15 rings (SSSR count). The molecule has 2 N–H and O–H groups in total. The van der Waals surface area contributed by atoms with Crippen LogP contribution in [-0.2, 0) is 56.6 Å². The number of rotatable bonds is 4. The molecule has 4 saturated carbocycles. The first-order valence-electron chi connectivity index (χ1n) is 23.6. The van der Waals surface area contributed by atoms with Gasteiger partial charge in [0.05, 0.1) is 12.2 Å². The molecule has 6 aliphatic carbocycles. The van der Waals surface area contributed by atoms with E-state index in [0.717, 1.165) is 54.4 Å². The predicted molar refractivity (Wildman–Crippen MR) is 241 cm³/mol. The zero-order chi connectivity index (χ0) is 45.8. The number of aliphatic hydroxyl groups is 1. The third-order valence-corrected chi connectivity index (χ3v) is 19.9. The Morgan fingerprint density at radius 3 is 1.64 bits per heavy atom. The first-order valence-corrected chi connectivity index (χ1v) is 28.8. The number of carbonyl (C=O) groups excluding carboxylic acids is 2. The minimum absolute atomic E-state index is 0. The predicted octanol–water partition coefficient (Wildman–Crippen LogP) is 3.82. The molecule has 15 nitrogen and oxygen atoms in total. The first-order chi connectivity index (χ1) is 30.8. The molecule has 0 aromatic carbocycles. The van der Waals surface area contributed by atoms with Gasteiger partial charge in [-0.05, 0) is 104 Å². The smallest absolute Gasteiger partial charge is 0.566 e. The SMILES string of the molecule is C.C1CCNCC1.CC(C)[C@]12O[C@H]1C1O[C@]13[C@]1(O[C@H]1C[C@H]1C4=C(CC[C@@]13C)C(=O)OC4)[C@@H]2O.CC(C)[C@]12O[C@H]1C1O[C@]13[C@]1(O[C@H]1C[C@H]1C4=C(CC[C@@]13C)C(=O)OC4)[C@@H]2O[P+](=O)[O-].ClP(Cl)Cl.[3HH].[Na+]. The third kappa shape index (κ3) is 6.23. The number of esters is 2. The van der Waals surface area contributed by atoms with Crippen LogP contribution in [0.5, 0.6) is 0 Å². The van der Waals surface area contributed by atoms with E-state index in [9.17, 15) is 24.2 Å². The fourth-order valence-corrected chi connectivity index (χ4v) is 16.9. The number of cyclic esters (lactones) is 2. The summed E-state index contributed by atoms with van der Waals surface area (Å²) in [6.07, 6.45) is 6.87. The van der Waals surface area contributed by atoms with Gasteiger partial charge in [-0.3, -0.25) is 0 Å². The maximum Gasteiger partial charge on any atom is 1.00 e. The largest absolute Gasteiger partial charge is 1.00 e. The summed E-state index contributed by atoms with van der Waals surface area (Å²) in [6.45, 7) is 16.0. The Kier molecular flexibility index (Phi) is 12.5. The number of nitrogens with one attached hydrogen (secondary N) is 1. The van der Waals surface area contributed by atoms with E-state index in [1.165, 1.54) is 32.4 Å². The van der Waals surface area contributed by atoms with Crippen LogP contribution in [0.2, 0.25) is 0 Å². The van der Waals surface area contributed by atoms with Crippen LogP contribution in [0.15, 0.2) is 22.3 Å². The van der Waals surface area contributed by atoms with Crippen molar-refractivity contribution in [1.29, 1.82) is 0 Å². The van der Waals surface area contributed by atoms with Crippen LogP contribution in [0.1, 0.15) is 108 Å². The Hall–Kier alpha value is 0.420. The van der Waals surface area contributed by atoms with Crippen molar-refractivity contribution in [2.45, 2.75) is 189 Å². The number of carbonyl (C=O) groups is 2. The van der Waals surface area contributed by atoms with Gasteiger partial charge >= 0.3 is 49.8 Å². The fraction of sp³-hybridized carbons (Fsp3) is 0.870. The van der Waals surface area contributed by atoms with E-state index < -0.39 is 60.0 Å². The van der Waals surface area contributed by atoms with E-state index in [0.29, 0.717) is 19.6 Å². The Labute approximate surface area is 432 Å². The average molecular weight is 1050 g/mol. The molecule has 0 aromatic rings. The van der Waals surface area contributed by atoms with Crippen molar-refractivity contribution < 1.29 is 97.6 Å². The number of hydrogen-bond acceptors (Lipinski definition) is 15. The van der Waals surface area contributed by atoms with Gasteiger partial charge in [0.1, 0.15) is 66.1 Å². The van der Waals surface area contributed by atoms with Crippen LogP contribution in [0.4, 0.5) is 0 Å². The van der Waals surface area contributed by atoms with Crippen molar-refractivity contribution in [2.75, 3.05) is 26.3 Å². The summed E-state index contributed by atoms with van der Waals surface area (Å²) >= 11 is 14.6. The Morgan fingerprint density at radius 1 is 0.746 bits per heavy atom.